The molecule has 0 bridgehead atoms. The molecule has 2 atom stereocenters. The van der Waals surface area contributed by atoms with E-state index in [1.165, 1.54) is 6.92 Å². The molecule has 0 aromatic carbocycles. The molecule has 1 aliphatic heterocycles. The van der Waals surface area contributed by atoms with Gasteiger partial charge in [-0.15, -0.1) is 0 Å². The molecule has 1 aliphatic rings. The van der Waals surface area contributed by atoms with Crippen molar-refractivity contribution in [3.8, 4) is 0 Å². The molecule has 2 amide bonds. The number of rotatable bonds is 4. The van der Waals surface area contributed by atoms with Crippen molar-refractivity contribution in [3.05, 3.63) is 0 Å². The zero-order chi connectivity index (χ0) is 16.2. The van der Waals surface area contributed by atoms with E-state index in [-0.39, 0.29) is 13.0 Å². The molecule has 8 heteroatoms. The quantitative estimate of drug-likeness (QED) is 0.619. The van der Waals surface area contributed by atoms with Gasteiger partial charge in [-0.3, -0.25) is 9.59 Å². The summed E-state index contributed by atoms with van der Waals surface area (Å²) in [6.07, 6.45) is 1.68. The van der Waals surface area contributed by atoms with Crippen LogP contribution in [0.15, 0.2) is 0 Å². The Balaban J connectivity index is 2.84. The minimum atomic E-state index is -1.55. The summed E-state index contributed by atoms with van der Waals surface area (Å²) in [6, 6.07) is -1.03. The van der Waals surface area contributed by atoms with Crippen molar-refractivity contribution in [2.45, 2.75) is 51.1 Å². The molecule has 0 aromatic heterocycles. The molecule has 1 unspecified atom stereocenters. The van der Waals surface area contributed by atoms with Crippen LogP contribution in [0.1, 0.15) is 39.5 Å². The number of nitrogens with zero attached hydrogens (tertiary/aromatic N) is 1. The van der Waals surface area contributed by atoms with E-state index in [0.29, 0.717) is 19.3 Å². The van der Waals surface area contributed by atoms with Crippen LogP contribution in [0, 0.1) is 0 Å². The van der Waals surface area contributed by atoms with E-state index in [1.807, 2.05) is 0 Å². The van der Waals surface area contributed by atoms with Gasteiger partial charge in [-0.1, -0.05) is 6.92 Å². The van der Waals surface area contributed by atoms with Crippen LogP contribution < -0.4 is 5.32 Å². The Bertz CT molecular complexity index is 464. The van der Waals surface area contributed by atoms with E-state index in [4.69, 9.17) is 10.2 Å². The minimum Gasteiger partial charge on any atom is -0.480 e. The van der Waals surface area contributed by atoms with Crippen molar-refractivity contribution < 1.29 is 29.4 Å². The molecule has 8 nitrogen and oxygen atoms in total. The summed E-state index contributed by atoms with van der Waals surface area (Å²) in [7, 11) is 0. The zero-order valence-corrected chi connectivity index (χ0v) is 12.1. The minimum absolute atomic E-state index is 0.101. The number of likely N-dealkylation sites (tertiary alicyclic amines) is 1. The van der Waals surface area contributed by atoms with Gasteiger partial charge < -0.3 is 20.4 Å². The summed E-state index contributed by atoms with van der Waals surface area (Å²) in [6.45, 7) is 3.05. The average molecular weight is 300 g/mol. The number of piperidine rings is 1. The first kappa shape index (κ1) is 16.9. The number of amides is 2. The van der Waals surface area contributed by atoms with Crippen LogP contribution in [-0.2, 0) is 19.2 Å². The lowest BCUT2D eigenvalue weighted by atomic mass is 9.98. The standard InChI is InChI=1S/C13H20N2O6/c1-3-13(2,12(20)21)14-9(16)10(17)15-7-5-4-6-8(15)11(18)19/h8H,3-7H2,1-2H3,(H,14,16)(H,18,19)(H,20,21)/t8-,13?/m1/s1. The third-order valence-electron chi connectivity index (χ3n) is 3.81. The Morgan fingerprint density at radius 1 is 1.24 bits per heavy atom. The van der Waals surface area contributed by atoms with Crippen LogP contribution in [0.3, 0.4) is 0 Å². The van der Waals surface area contributed by atoms with Crippen molar-refractivity contribution in [2.24, 2.45) is 0 Å². The SMILES string of the molecule is CCC(C)(NC(=O)C(=O)N1CCCC[C@@H]1C(=O)O)C(=O)O. The number of aliphatic carboxylic acids is 2. The fourth-order valence-electron chi connectivity index (χ4n) is 2.16. The Kier molecular flexibility index (Phi) is 5.28. The van der Waals surface area contributed by atoms with Crippen molar-refractivity contribution in [1.29, 1.82) is 0 Å². The van der Waals surface area contributed by atoms with Crippen LogP contribution in [0.4, 0.5) is 0 Å². The van der Waals surface area contributed by atoms with E-state index in [2.05, 4.69) is 5.32 Å². The molecule has 3 N–H and O–H groups in total. The maximum Gasteiger partial charge on any atom is 0.329 e. The summed E-state index contributed by atoms with van der Waals surface area (Å²) in [4.78, 5) is 47.3. The second-order valence-electron chi connectivity index (χ2n) is 5.29. The average Bonchev–Trinajstić information content (AvgIpc) is 2.45. The molecule has 0 spiro atoms. The topological polar surface area (TPSA) is 124 Å². The van der Waals surface area contributed by atoms with Gasteiger partial charge in [-0.25, -0.2) is 9.59 Å². The molecule has 0 aromatic rings. The monoisotopic (exact) mass is 300 g/mol. The second-order valence-corrected chi connectivity index (χ2v) is 5.29. The van der Waals surface area contributed by atoms with E-state index in [0.717, 1.165) is 4.90 Å². The van der Waals surface area contributed by atoms with Crippen LogP contribution in [0.2, 0.25) is 0 Å². The number of nitrogens with one attached hydrogen (secondary N) is 1. The third kappa shape index (κ3) is 3.71. The van der Waals surface area contributed by atoms with E-state index in [9.17, 15) is 19.2 Å². The van der Waals surface area contributed by atoms with Crippen molar-refractivity contribution in [3.63, 3.8) is 0 Å². The van der Waals surface area contributed by atoms with Gasteiger partial charge in [-0.2, -0.15) is 0 Å². The number of carbonyl (C=O) groups excluding carboxylic acids is 2. The summed E-state index contributed by atoms with van der Waals surface area (Å²) in [5.41, 5.74) is -1.55. The van der Waals surface area contributed by atoms with Crippen LogP contribution in [-0.4, -0.2) is 57.0 Å². The lowest BCUT2D eigenvalue weighted by Crippen LogP contribution is -2.58. The first-order valence-electron chi connectivity index (χ1n) is 6.82. The van der Waals surface area contributed by atoms with Crippen molar-refractivity contribution in [2.75, 3.05) is 6.54 Å². The molecule has 1 fully saturated rings. The highest BCUT2D eigenvalue weighted by molar-refractivity contribution is 6.35. The van der Waals surface area contributed by atoms with Gasteiger partial charge in [0.1, 0.15) is 11.6 Å². The van der Waals surface area contributed by atoms with Gasteiger partial charge in [0.2, 0.25) is 0 Å². The maximum absolute atomic E-state index is 12.1. The zero-order valence-electron chi connectivity index (χ0n) is 12.1. The van der Waals surface area contributed by atoms with Gasteiger partial charge in [0.05, 0.1) is 0 Å². The summed E-state index contributed by atoms with van der Waals surface area (Å²) in [5, 5.41) is 20.3. The molecule has 118 valence electrons. The molecule has 0 aliphatic carbocycles. The van der Waals surface area contributed by atoms with Gasteiger partial charge in [0.15, 0.2) is 0 Å². The number of carboxylic acids is 2. The Morgan fingerprint density at radius 2 is 1.86 bits per heavy atom. The number of hydrogen-bond donors (Lipinski definition) is 3. The van der Waals surface area contributed by atoms with Gasteiger partial charge >= 0.3 is 23.8 Å². The van der Waals surface area contributed by atoms with Crippen molar-refractivity contribution in [1.82, 2.24) is 10.2 Å². The first-order valence-corrected chi connectivity index (χ1v) is 6.82. The highest BCUT2D eigenvalue weighted by atomic mass is 16.4. The first-order chi connectivity index (χ1) is 9.73. The highest BCUT2D eigenvalue weighted by Gasteiger charge is 2.39. The molecular formula is C13H20N2O6. The smallest absolute Gasteiger partial charge is 0.329 e. The second kappa shape index (κ2) is 6.55. The predicted octanol–water partition coefficient (Wildman–Crippen LogP) is -0.178. The Morgan fingerprint density at radius 3 is 2.33 bits per heavy atom. The maximum atomic E-state index is 12.1. The molecule has 0 radical (unpaired) electrons. The van der Waals surface area contributed by atoms with Gasteiger partial charge in [0, 0.05) is 6.54 Å². The third-order valence-corrected chi connectivity index (χ3v) is 3.81. The van der Waals surface area contributed by atoms with Gasteiger partial charge in [-0.05, 0) is 32.6 Å². The summed E-state index contributed by atoms with van der Waals surface area (Å²) < 4.78 is 0. The molecule has 1 heterocycles. The number of hydrogen-bond acceptors (Lipinski definition) is 4. The lowest BCUT2D eigenvalue weighted by molar-refractivity contribution is -0.158. The van der Waals surface area contributed by atoms with Crippen LogP contribution in [0.25, 0.3) is 0 Å². The molecule has 0 saturated carbocycles. The Hall–Kier alpha value is -2.12. The molecule has 1 saturated heterocycles. The fourth-order valence-corrected chi connectivity index (χ4v) is 2.16. The largest absolute Gasteiger partial charge is 0.480 e. The van der Waals surface area contributed by atoms with E-state index >= 15 is 0 Å². The lowest BCUT2D eigenvalue weighted by Gasteiger charge is -2.33. The summed E-state index contributed by atoms with van der Waals surface area (Å²) >= 11 is 0. The number of carbonyl (C=O) groups is 4. The fraction of sp³-hybridized carbons (Fsp3) is 0.692. The predicted molar refractivity (Wildman–Crippen MR) is 71.5 cm³/mol. The van der Waals surface area contributed by atoms with Crippen LogP contribution >= 0.6 is 0 Å². The molecule has 21 heavy (non-hydrogen) atoms. The Labute approximate surface area is 122 Å². The highest BCUT2D eigenvalue weighted by Crippen LogP contribution is 2.18. The molecular weight excluding hydrogens is 280 g/mol. The summed E-state index contributed by atoms with van der Waals surface area (Å²) in [5.74, 6) is -4.50. The molecule has 1 rings (SSSR count). The van der Waals surface area contributed by atoms with E-state index < -0.39 is 35.3 Å². The number of carboxylic acid groups (broad SMARTS) is 2. The normalized spacial score (nSPS) is 21.2. The van der Waals surface area contributed by atoms with E-state index in [1.54, 1.807) is 6.92 Å². The van der Waals surface area contributed by atoms with Crippen LogP contribution in [0.5, 0.6) is 0 Å². The van der Waals surface area contributed by atoms with Crippen molar-refractivity contribution >= 4 is 23.8 Å². The van der Waals surface area contributed by atoms with Gasteiger partial charge in [0.25, 0.3) is 0 Å².